The van der Waals surface area contributed by atoms with E-state index in [0.29, 0.717) is 17.7 Å². The van der Waals surface area contributed by atoms with Gasteiger partial charge in [-0.3, -0.25) is 4.79 Å². The molecule has 0 aliphatic rings. The van der Waals surface area contributed by atoms with Gasteiger partial charge < -0.3 is 15.4 Å². The molecular weight excluding hydrogens is 264 g/mol. The molecule has 21 heavy (non-hydrogen) atoms. The van der Waals surface area contributed by atoms with Gasteiger partial charge in [-0.2, -0.15) is 0 Å². The fourth-order valence-corrected chi connectivity index (χ4v) is 2.34. The minimum atomic E-state index is -0.0975. The number of hydrogen-bond acceptors (Lipinski definition) is 3. The maximum atomic E-state index is 12.0. The minimum Gasteiger partial charge on any atom is -0.392 e. The Morgan fingerprint density at radius 1 is 1.00 bits per heavy atom. The first-order chi connectivity index (χ1) is 10.3. The lowest BCUT2D eigenvalue weighted by Crippen LogP contribution is -2.10. The lowest BCUT2D eigenvalue weighted by Gasteiger charge is -2.08. The SMILES string of the molecule is O=c1[nH]c(NCc2cccc(CO)c2)cc2ccccc12. The zero-order valence-corrected chi connectivity index (χ0v) is 11.5. The van der Waals surface area contributed by atoms with Crippen molar-refractivity contribution in [2.24, 2.45) is 0 Å². The second-order valence-electron chi connectivity index (χ2n) is 4.93. The number of nitrogens with one attached hydrogen (secondary N) is 2. The molecule has 4 heteroatoms. The Morgan fingerprint density at radius 2 is 1.81 bits per heavy atom. The van der Waals surface area contributed by atoms with E-state index in [0.717, 1.165) is 16.5 Å². The number of anilines is 1. The summed E-state index contributed by atoms with van der Waals surface area (Å²) in [5, 5.41) is 13.9. The number of fused-ring (bicyclic) bond motifs is 1. The highest BCUT2D eigenvalue weighted by Gasteiger charge is 2.01. The maximum Gasteiger partial charge on any atom is 0.257 e. The highest BCUT2D eigenvalue weighted by atomic mass is 16.3. The Labute approximate surface area is 122 Å². The van der Waals surface area contributed by atoms with Gasteiger partial charge in [0.15, 0.2) is 0 Å². The van der Waals surface area contributed by atoms with Crippen LogP contribution in [0.1, 0.15) is 11.1 Å². The highest BCUT2D eigenvalue weighted by Crippen LogP contribution is 2.14. The molecule has 1 heterocycles. The summed E-state index contributed by atoms with van der Waals surface area (Å²) in [7, 11) is 0. The molecule has 0 aliphatic carbocycles. The quantitative estimate of drug-likeness (QED) is 0.688. The largest absolute Gasteiger partial charge is 0.392 e. The molecule has 3 aromatic rings. The lowest BCUT2D eigenvalue weighted by molar-refractivity contribution is 0.281. The van der Waals surface area contributed by atoms with Gasteiger partial charge in [-0.05, 0) is 28.6 Å². The Kier molecular flexibility index (Phi) is 3.71. The molecule has 0 saturated carbocycles. The first-order valence-electron chi connectivity index (χ1n) is 6.81. The zero-order chi connectivity index (χ0) is 14.7. The van der Waals surface area contributed by atoms with Gasteiger partial charge in [0.2, 0.25) is 0 Å². The van der Waals surface area contributed by atoms with Crippen molar-refractivity contribution in [1.82, 2.24) is 4.98 Å². The van der Waals surface area contributed by atoms with Crippen molar-refractivity contribution < 1.29 is 5.11 Å². The van der Waals surface area contributed by atoms with E-state index < -0.39 is 0 Å². The number of pyridine rings is 1. The van der Waals surface area contributed by atoms with E-state index in [9.17, 15) is 4.79 Å². The van der Waals surface area contributed by atoms with Crippen LogP contribution in [0.2, 0.25) is 0 Å². The number of aromatic nitrogens is 1. The van der Waals surface area contributed by atoms with Crippen LogP contribution in [0.5, 0.6) is 0 Å². The molecule has 0 saturated heterocycles. The summed E-state index contributed by atoms with van der Waals surface area (Å²) in [6, 6.07) is 17.1. The summed E-state index contributed by atoms with van der Waals surface area (Å²) in [5.41, 5.74) is 1.83. The number of H-pyrrole nitrogens is 1. The van der Waals surface area contributed by atoms with E-state index in [1.54, 1.807) is 0 Å². The van der Waals surface area contributed by atoms with Crippen molar-refractivity contribution in [2.75, 3.05) is 5.32 Å². The molecule has 2 aromatic carbocycles. The molecule has 0 unspecified atom stereocenters. The molecule has 0 atom stereocenters. The van der Waals surface area contributed by atoms with Gasteiger partial charge in [0, 0.05) is 11.9 Å². The molecule has 0 fully saturated rings. The van der Waals surface area contributed by atoms with Crippen LogP contribution in [0.3, 0.4) is 0 Å². The zero-order valence-electron chi connectivity index (χ0n) is 11.5. The molecular formula is C17H16N2O2. The number of aliphatic hydroxyl groups is 1. The summed E-state index contributed by atoms with van der Waals surface area (Å²) in [6.07, 6.45) is 0. The van der Waals surface area contributed by atoms with Gasteiger partial charge in [-0.25, -0.2) is 0 Å². The third kappa shape index (κ3) is 2.95. The fraction of sp³-hybridized carbons (Fsp3) is 0.118. The van der Waals surface area contributed by atoms with Crippen molar-refractivity contribution in [2.45, 2.75) is 13.2 Å². The van der Waals surface area contributed by atoms with E-state index in [2.05, 4.69) is 10.3 Å². The summed E-state index contributed by atoms with van der Waals surface area (Å²) < 4.78 is 0. The molecule has 3 N–H and O–H groups in total. The van der Waals surface area contributed by atoms with Gasteiger partial charge in [0.1, 0.15) is 5.82 Å². The summed E-state index contributed by atoms with van der Waals surface area (Å²) in [5.74, 6) is 0.688. The Morgan fingerprint density at radius 3 is 2.67 bits per heavy atom. The minimum absolute atomic E-state index is 0.0284. The van der Waals surface area contributed by atoms with Crippen LogP contribution in [-0.2, 0) is 13.2 Å². The highest BCUT2D eigenvalue weighted by molar-refractivity contribution is 5.83. The lowest BCUT2D eigenvalue weighted by atomic mass is 10.1. The summed E-state index contributed by atoms with van der Waals surface area (Å²) in [6.45, 7) is 0.614. The van der Waals surface area contributed by atoms with Crippen molar-refractivity contribution in [3.8, 4) is 0 Å². The summed E-state index contributed by atoms with van der Waals surface area (Å²) >= 11 is 0. The third-order valence-corrected chi connectivity index (χ3v) is 3.41. The van der Waals surface area contributed by atoms with Crippen LogP contribution in [0, 0.1) is 0 Å². The number of benzene rings is 2. The average molecular weight is 280 g/mol. The van der Waals surface area contributed by atoms with Crippen LogP contribution in [0.25, 0.3) is 10.8 Å². The van der Waals surface area contributed by atoms with E-state index in [4.69, 9.17) is 5.11 Å². The molecule has 4 nitrogen and oxygen atoms in total. The third-order valence-electron chi connectivity index (χ3n) is 3.41. The van der Waals surface area contributed by atoms with Crippen molar-refractivity contribution in [1.29, 1.82) is 0 Å². The van der Waals surface area contributed by atoms with Crippen LogP contribution < -0.4 is 10.9 Å². The van der Waals surface area contributed by atoms with Gasteiger partial charge in [0.25, 0.3) is 5.56 Å². The number of aliphatic hydroxyl groups excluding tert-OH is 1. The first-order valence-corrected chi connectivity index (χ1v) is 6.81. The van der Waals surface area contributed by atoms with E-state index in [1.165, 1.54) is 0 Å². The molecule has 1 aromatic heterocycles. The van der Waals surface area contributed by atoms with Crippen LogP contribution in [0.4, 0.5) is 5.82 Å². The predicted molar refractivity (Wildman–Crippen MR) is 84.3 cm³/mol. The predicted octanol–water partition coefficient (Wildman–Crippen LogP) is 2.63. The Bertz CT molecular complexity index is 824. The van der Waals surface area contributed by atoms with Gasteiger partial charge in [-0.15, -0.1) is 0 Å². The van der Waals surface area contributed by atoms with Crippen LogP contribution in [0.15, 0.2) is 59.4 Å². The number of hydrogen-bond donors (Lipinski definition) is 3. The van der Waals surface area contributed by atoms with Gasteiger partial charge >= 0.3 is 0 Å². The second-order valence-corrected chi connectivity index (χ2v) is 4.93. The van der Waals surface area contributed by atoms with Crippen LogP contribution in [-0.4, -0.2) is 10.1 Å². The summed E-state index contributed by atoms with van der Waals surface area (Å²) in [4.78, 5) is 14.8. The number of rotatable bonds is 4. The molecule has 0 spiro atoms. The Hall–Kier alpha value is -2.59. The first kappa shape index (κ1) is 13.4. The van der Waals surface area contributed by atoms with Crippen LogP contribution >= 0.6 is 0 Å². The molecule has 3 rings (SSSR count). The van der Waals surface area contributed by atoms with Gasteiger partial charge in [0.05, 0.1) is 6.61 Å². The average Bonchev–Trinajstić information content (AvgIpc) is 2.53. The van der Waals surface area contributed by atoms with Crippen molar-refractivity contribution >= 4 is 16.6 Å². The fourth-order valence-electron chi connectivity index (χ4n) is 2.34. The topological polar surface area (TPSA) is 65.1 Å². The maximum absolute atomic E-state index is 12.0. The van der Waals surface area contributed by atoms with E-state index >= 15 is 0 Å². The Balaban J connectivity index is 1.83. The number of aromatic amines is 1. The van der Waals surface area contributed by atoms with Crippen molar-refractivity contribution in [3.63, 3.8) is 0 Å². The molecule has 106 valence electrons. The molecule has 0 bridgehead atoms. The molecule has 0 aliphatic heterocycles. The normalized spacial score (nSPS) is 10.7. The van der Waals surface area contributed by atoms with E-state index in [1.807, 2.05) is 54.6 Å². The van der Waals surface area contributed by atoms with Gasteiger partial charge in [-0.1, -0.05) is 42.5 Å². The molecule has 0 radical (unpaired) electrons. The van der Waals surface area contributed by atoms with E-state index in [-0.39, 0.29) is 12.2 Å². The monoisotopic (exact) mass is 280 g/mol. The molecule has 0 amide bonds. The second kappa shape index (κ2) is 5.81. The standard InChI is InChI=1S/C17H16N2O2/c20-11-13-5-3-4-12(8-13)10-18-16-9-14-6-1-2-7-15(14)17(21)19-16/h1-9,20H,10-11H2,(H2,18,19,21). The van der Waals surface area contributed by atoms with Crippen molar-refractivity contribution in [3.05, 3.63) is 76.1 Å². The smallest absolute Gasteiger partial charge is 0.257 e.